The second-order valence-corrected chi connectivity index (χ2v) is 11.3. The van der Waals surface area contributed by atoms with Crippen LogP contribution in [-0.4, -0.2) is 25.1 Å². The first-order chi connectivity index (χ1) is 18.7. The molecule has 1 spiro atoms. The summed E-state index contributed by atoms with van der Waals surface area (Å²) in [6.07, 6.45) is 0.617. The molecule has 200 valence electrons. The zero-order valence-electron chi connectivity index (χ0n) is 21.3. The van der Waals surface area contributed by atoms with Crippen LogP contribution in [0.2, 0.25) is 0 Å². The molecule has 9 heteroatoms. The first-order valence-electron chi connectivity index (χ1n) is 12.7. The van der Waals surface area contributed by atoms with Gasteiger partial charge in [0.2, 0.25) is 12.2 Å². The quantitative estimate of drug-likeness (QED) is 0.308. The molecule has 1 saturated carbocycles. The number of fused-ring (bicyclic) bond motifs is 3. The van der Waals surface area contributed by atoms with Gasteiger partial charge in [-0.25, -0.2) is 8.78 Å². The first kappa shape index (κ1) is 25.6. The first-order valence-corrected chi connectivity index (χ1v) is 13.6. The Bertz CT molecular complexity index is 1590. The Morgan fingerprint density at radius 2 is 1.85 bits per heavy atom. The van der Waals surface area contributed by atoms with Crippen LogP contribution in [0.3, 0.4) is 0 Å². The second-order valence-electron chi connectivity index (χ2n) is 10.3. The van der Waals surface area contributed by atoms with E-state index in [9.17, 15) is 18.8 Å². The van der Waals surface area contributed by atoms with Crippen LogP contribution in [0.25, 0.3) is 0 Å². The molecule has 1 fully saturated rings. The number of benzene rings is 2. The highest BCUT2D eigenvalue weighted by Gasteiger charge is 2.62. The molecule has 3 unspecified atom stereocenters. The SMILES string of the molecule is CC(=O)OCOc1c2c(cccc1=O)N(C1c3ccccc3SCc3c1ccc(F)c3F)CC1(CC1C)C2=O. The van der Waals surface area contributed by atoms with Crippen molar-refractivity contribution in [2.45, 2.75) is 37.0 Å². The van der Waals surface area contributed by atoms with Crippen molar-refractivity contribution in [3.8, 4) is 5.75 Å². The van der Waals surface area contributed by atoms with Crippen LogP contribution in [0, 0.1) is 23.0 Å². The summed E-state index contributed by atoms with van der Waals surface area (Å²) in [5.74, 6) is -2.48. The molecule has 0 bridgehead atoms. The normalized spacial score (nSPS) is 22.9. The summed E-state index contributed by atoms with van der Waals surface area (Å²) in [4.78, 5) is 41.5. The number of hydrogen-bond acceptors (Lipinski definition) is 7. The maximum atomic E-state index is 15.2. The molecule has 3 atom stereocenters. The Morgan fingerprint density at radius 3 is 2.59 bits per heavy atom. The van der Waals surface area contributed by atoms with E-state index in [1.165, 1.54) is 24.8 Å². The van der Waals surface area contributed by atoms with Gasteiger partial charge in [0, 0.05) is 29.7 Å². The van der Waals surface area contributed by atoms with Crippen LogP contribution in [0.4, 0.5) is 14.5 Å². The summed E-state index contributed by atoms with van der Waals surface area (Å²) >= 11 is 1.43. The monoisotopic (exact) mass is 549 g/mol. The maximum absolute atomic E-state index is 15.2. The summed E-state index contributed by atoms with van der Waals surface area (Å²) in [5, 5.41) is 0. The van der Waals surface area contributed by atoms with E-state index in [1.54, 1.807) is 18.2 Å². The average Bonchev–Trinajstić information content (AvgIpc) is 3.63. The third-order valence-electron chi connectivity index (χ3n) is 7.99. The Kier molecular flexibility index (Phi) is 6.21. The van der Waals surface area contributed by atoms with E-state index in [0.29, 0.717) is 24.2 Å². The number of ketones is 1. The van der Waals surface area contributed by atoms with Crippen LogP contribution >= 0.6 is 11.8 Å². The number of nitrogens with zero attached hydrogens (tertiary/aromatic N) is 1. The molecule has 2 heterocycles. The van der Waals surface area contributed by atoms with Crippen LogP contribution in [0.15, 0.2) is 64.3 Å². The number of ether oxygens (including phenoxy) is 2. The molecule has 0 N–H and O–H groups in total. The number of Topliss-reactive ketones (excluding diaryl/α,β-unsaturated/α-hetero) is 1. The van der Waals surface area contributed by atoms with Crippen molar-refractivity contribution >= 4 is 29.2 Å². The summed E-state index contributed by atoms with van der Waals surface area (Å²) < 4.78 is 40.2. The smallest absolute Gasteiger partial charge is 0.305 e. The fourth-order valence-electron chi connectivity index (χ4n) is 5.86. The molecule has 0 saturated heterocycles. The van der Waals surface area contributed by atoms with Gasteiger partial charge in [0.05, 0.1) is 22.7 Å². The standard InChI is InChI=1S/C30H25F2NO5S/c1-16-12-30(16)14-33(22-7-5-8-23(35)28(25(22)29(30)36)38-15-37-17(2)34)27-18-10-11-21(31)26(32)20(18)13-39-24-9-4-3-6-19(24)27/h3-11,16,27H,12-15H2,1-2H3. The second kappa shape index (κ2) is 9.48. The van der Waals surface area contributed by atoms with Gasteiger partial charge in [-0.2, -0.15) is 0 Å². The van der Waals surface area contributed by atoms with Crippen molar-refractivity contribution in [1.29, 1.82) is 0 Å². The molecule has 0 amide bonds. The van der Waals surface area contributed by atoms with Gasteiger partial charge in [-0.1, -0.05) is 37.3 Å². The van der Waals surface area contributed by atoms with Crippen molar-refractivity contribution in [3.63, 3.8) is 0 Å². The molecular weight excluding hydrogens is 524 g/mol. The van der Waals surface area contributed by atoms with Gasteiger partial charge in [0.25, 0.3) is 0 Å². The molecule has 0 radical (unpaired) electrons. The summed E-state index contributed by atoms with van der Waals surface area (Å²) in [6, 6.07) is 14.4. The van der Waals surface area contributed by atoms with E-state index in [-0.39, 0.29) is 34.3 Å². The third-order valence-corrected chi connectivity index (χ3v) is 9.11. The van der Waals surface area contributed by atoms with Crippen LogP contribution in [-0.2, 0) is 15.3 Å². The van der Waals surface area contributed by atoms with E-state index in [2.05, 4.69) is 0 Å². The van der Waals surface area contributed by atoms with Gasteiger partial charge in [-0.3, -0.25) is 14.4 Å². The molecule has 6 rings (SSSR count). The maximum Gasteiger partial charge on any atom is 0.305 e. The molecule has 2 aliphatic heterocycles. The Hall–Kier alpha value is -3.72. The molecule has 39 heavy (non-hydrogen) atoms. The number of halogens is 2. The van der Waals surface area contributed by atoms with E-state index >= 15 is 4.39 Å². The minimum Gasteiger partial charge on any atom is -0.452 e. The molecule has 6 nitrogen and oxygen atoms in total. The highest BCUT2D eigenvalue weighted by Crippen LogP contribution is 2.60. The highest BCUT2D eigenvalue weighted by atomic mass is 32.2. The van der Waals surface area contributed by atoms with Crippen LogP contribution in [0.5, 0.6) is 5.75 Å². The van der Waals surface area contributed by atoms with E-state index in [1.807, 2.05) is 36.1 Å². The number of carbonyl (C=O) groups is 2. The summed E-state index contributed by atoms with van der Waals surface area (Å²) in [5.41, 5.74) is 1.05. The largest absolute Gasteiger partial charge is 0.452 e. The lowest BCUT2D eigenvalue weighted by molar-refractivity contribution is -0.147. The predicted octanol–water partition coefficient (Wildman–Crippen LogP) is 5.65. The van der Waals surface area contributed by atoms with Crippen molar-refractivity contribution in [3.05, 3.63) is 98.7 Å². The summed E-state index contributed by atoms with van der Waals surface area (Å²) in [6.45, 7) is 3.02. The van der Waals surface area contributed by atoms with Crippen molar-refractivity contribution in [2.24, 2.45) is 11.3 Å². The lowest BCUT2D eigenvalue weighted by atomic mass is 9.83. The van der Waals surface area contributed by atoms with E-state index in [0.717, 1.165) is 16.5 Å². The van der Waals surface area contributed by atoms with Crippen LogP contribution < -0.4 is 15.1 Å². The average molecular weight is 550 g/mol. The minimum absolute atomic E-state index is 0.0439. The molecular formula is C30H25F2NO5S. The van der Waals surface area contributed by atoms with E-state index in [4.69, 9.17) is 9.47 Å². The highest BCUT2D eigenvalue weighted by molar-refractivity contribution is 7.98. The van der Waals surface area contributed by atoms with Crippen molar-refractivity contribution < 1.29 is 27.8 Å². The number of hydrogen-bond donors (Lipinski definition) is 0. The molecule has 1 aliphatic carbocycles. The van der Waals surface area contributed by atoms with E-state index < -0.39 is 41.3 Å². The Morgan fingerprint density at radius 1 is 1.08 bits per heavy atom. The number of carbonyl (C=O) groups excluding carboxylic acids is 2. The van der Waals surface area contributed by atoms with Gasteiger partial charge in [-0.15, -0.1) is 11.8 Å². The summed E-state index contributed by atoms with van der Waals surface area (Å²) in [7, 11) is 0. The van der Waals surface area contributed by atoms with Crippen molar-refractivity contribution in [2.75, 3.05) is 18.2 Å². The molecule has 0 aromatic heterocycles. The van der Waals surface area contributed by atoms with Gasteiger partial charge in [-0.05, 0) is 47.7 Å². The zero-order chi connectivity index (χ0) is 27.5. The number of rotatable bonds is 4. The topological polar surface area (TPSA) is 72.9 Å². The van der Waals surface area contributed by atoms with Gasteiger partial charge in [0.15, 0.2) is 23.2 Å². The Balaban J connectivity index is 1.61. The lowest BCUT2D eigenvalue weighted by Crippen LogP contribution is -2.44. The fraction of sp³-hybridized carbons (Fsp3) is 0.300. The predicted molar refractivity (Wildman–Crippen MR) is 142 cm³/mol. The van der Waals surface area contributed by atoms with Crippen molar-refractivity contribution in [1.82, 2.24) is 0 Å². The molecule has 3 aliphatic rings. The number of esters is 1. The number of anilines is 1. The fourth-order valence-corrected chi connectivity index (χ4v) is 6.98. The lowest BCUT2D eigenvalue weighted by Gasteiger charge is -2.42. The van der Waals surface area contributed by atoms with Crippen LogP contribution in [0.1, 0.15) is 53.4 Å². The van der Waals surface area contributed by atoms with Gasteiger partial charge < -0.3 is 14.4 Å². The molecule has 3 aromatic carbocycles. The van der Waals surface area contributed by atoms with Gasteiger partial charge in [0.1, 0.15) is 0 Å². The minimum atomic E-state index is -0.913. The Labute approximate surface area is 227 Å². The third kappa shape index (κ3) is 4.11. The number of thioether (sulfide) groups is 1. The molecule has 3 aromatic rings. The van der Waals surface area contributed by atoms with Gasteiger partial charge >= 0.3 is 5.97 Å². The zero-order valence-corrected chi connectivity index (χ0v) is 22.1.